The molecule has 2 aromatic heterocycles. The molecule has 0 N–H and O–H groups in total. The van der Waals surface area contributed by atoms with Crippen LogP contribution in [0.4, 0.5) is 5.95 Å². The fraction of sp³-hybridized carbons (Fsp3) is 0.438. The summed E-state index contributed by atoms with van der Waals surface area (Å²) in [6, 6.07) is 5.42. The second-order valence-corrected chi connectivity index (χ2v) is 6.09. The first-order valence-electron chi connectivity index (χ1n) is 7.58. The number of hydrogen-bond donors (Lipinski definition) is 0. The van der Waals surface area contributed by atoms with Gasteiger partial charge in [0, 0.05) is 50.4 Å². The monoisotopic (exact) mass is 298 g/mol. The molecular formula is C16H18N4O2. The van der Waals surface area contributed by atoms with Crippen LogP contribution in [0.2, 0.25) is 0 Å². The molecule has 2 aliphatic rings. The lowest BCUT2D eigenvalue weighted by Gasteiger charge is -2.21. The molecule has 22 heavy (non-hydrogen) atoms. The standard InChI is InChI=1S/C16H18N4O2/c1-11-3-4-14(22-11)15(21)19-7-12-9-20(10-13(12)8-19)16-17-5-2-6-18-16/h2-6,12-13H,7-10H2,1H3. The maximum absolute atomic E-state index is 12.4. The van der Waals surface area contributed by atoms with Crippen molar-refractivity contribution in [3.63, 3.8) is 0 Å². The van der Waals surface area contributed by atoms with Crippen molar-refractivity contribution in [2.24, 2.45) is 11.8 Å². The number of aryl methyl sites for hydroxylation is 1. The summed E-state index contributed by atoms with van der Waals surface area (Å²) in [5, 5.41) is 0. The molecule has 0 bridgehead atoms. The van der Waals surface area contributed by atoms with Gasteiger partial charge in [0.25, 0.3) is 5.91 Å². The summed E-state index contributed by atoms with van der Waals surface area (Å²) in [4.78, 5) is 25.2. The first-order valence-corrected chi connectivity index (χ1v) is 7.58. The van der Waals surface area contributed by atoms with Gasteiger partial charge >= 0.3 is 0 Å². The van der Waals surface area contributed by atoms with Crippen LogP contribution in [0.3, 0.4) is 0 Å². The van der Waals surface area contributed by atoms with Crippen LogP contribution in [0.5, 0.6) is 0 Å². The van der Waals surface area contributed by atoms with E-state index < -0.39 is 0 Å². The number of carbonyl (C=O) groups is 1. The van der Waals surface area contributed by atoms with Crippen molar-refractivity contribution in [3.05, 3.63) is 42.1 Å². The zero-order valence-corrected chi connectivity index (χ0v) is 12.5. The molecule has 2 aromatic rings. The Balaban J connectivity index is 1.42. The molecule has 0 saturated carbocycles. The predicted molar refractivity (Wildman–Crippen MR) is 80.6 cm³/mol. The summed E-state index contributed by atoms with van der Waals surface area (Å²) < 4.78 is 5.45. The molecule has 114 valence electrons. The normalized spacial score (nSPS) is 23.9. The Hall–Kier alpha value is -2.37. The number of likely N-dealkylation sites (tertiary alicyclic amines) is 1. The highest BCUT2D eigenvalue weighted by atomic mass is 16.3. The van der Waals surface area contributed by atoms with E-state index in [1.54, 1.807) is 18.5 Å². The second-order valence-electron chi connectivity index (χ2n) is 6.09. The number of carbonyl (C=O) groups excluding carboxylic acids is 1. The van der Waals surface area contributed by atoms with Gasteiger partial charge in [0.1, 0.15) is 5.76 Å². The molecule has 0 aromatic carbocycles. The third-order valence-electron chi connectivity index (χ3n) is 4.56. The molecule has 0 spiro atoms. The van der Waals surface area contributed by atoms with E-state index in [1.165, 1.54) is 0 Å². The number of fused-ring (bicyclic) bond motifs is 1. The van der Waals surface area contributed by atoms with Crippen LogP contribution in [0.1, 0.15) is 16.3 Å². The third-order valence-corrected chi connectivity index (χ3v) is 4.56. The molecule has 2 unspecified atom stereocenters. The summed E-state index contributed by atoms with van der Waals surface area (Å²) in [6.45, 7) is 5.25. The van der Waals surface area contributed by atoms with E-state index in [0.29, 0.717) is 17.6 Å². The molecule has 4 heterocycles. The maximum atomic E-state index is 12.4. The van der Waals surface area contributed by atoms with Crippen LogP contribution in [-0.4, -0.2) is 47.0 Å². The van der Waals surface area contributed by atoms with Gasteiger partial charge in [0.15, 0.2) is 5.76 Å². The Labute approximate surface area is 128 Å². The molecule has 6 nitrogen and oxygen atoms in total. The van der Waals surface area contributed by atoms with E-state index >= 15 is 0 Å². The summed E-state index contributed by atoms with van der Waals surface area (Å²) in [5.74, 6) is 2.99. The fourth-order valence-electron chi connectivity index (χ4n) is 3.48. The van der Waals surface area contributed by atoms with Gasteiger partial charge in [-0.1, -0.05) is 0 Å². The quantitative estimate of drug-likeness (QED) is 0.842. The molecule has 6 heteroatoms. The molecule has 4 rings (SSSR count). The Morgan fingerprint density at radius 3 is 2.41 bits per heavy atom. The SMILES string of the molecule is Cc1ccc(C(=O)N2CC3CN(c4ncccn4)CC3C2)o1. The minimum absolute atomic E-state index is 0.00464. The highest BCUT2D eigenvalue weighted by molar-refractivity contribution is 5.91. The van der Waals surface area contributed by atoms with Crippen molar-refractivity contribution in [3.8, 4) is 0 Å². The Kier molecular flexibility index (Phi) is 3.10. The molecule has 2 fully saturated rings. The van der Waals surface area contributed by atoms with Crippen molar-refractivity contribution in [2.75, 3.05) is 31.1 Å². The summed E-state index contributed by atoms with van der Waals surface area (Å²) >= 11 is 0. The van der Waals surface area contributed by atoms with Crippen molar-refractivity contribution in [1.29, 1.82) is 0 Å². The topological polar surface area (TPSA) is 62.5 Å². The Morgan fingerprint density at radius 1 is 1.14 bits per heavy atom. The minimum atomic E-state index is 0.00464. The lowest BCUT2D eigenvalue weighted by Crippen LogP contribution is -2.33. The molecule has 0 radical (unpaired) electrons. The van der Waals surface area contributed by atoms with E-state index in [2.05, 4.69) is 14.9 Å². The Bertz CT molecular complexity index is 670. The van der Waals surface area contributed by atoms with Gasteiger partial charge < -0.3 is 14.2 Å². The average Bonchev–Trinajstić information content (AvgIpc) is 3.21. The van der Waals surface area contributed by atoms with Crippen molar-refractivity contribution in [2.45, 2.75) is 6.92 Å². The number of hydrogen-bond acceptors (Lipinski definition) is 5. The first kappa shape index (κ1) is 13.3. The van der Waals surface area contributed by atoms with Crippen molar-refractivity contribution >= 4 is 11.9 Å². The van der Waals surface area contributed by atoms with E-state index in [1.807, 2.05) is 24.0 Å². The van der Waals surface area contributed by atoms with E-state index in [-0.39, 0.29) is 5.91 Å². The zero-order valence-electron chi connectivity index (χ0n) is 12.5. The molecule has 2 saturated heterocycles. The van der Waals surface area contributed by atoms with Crippen molar-refractivity contribution in [1.82, 2.24) is 14.9 Å². The lowest BCUT2D eigenvalue weighted by atomic mass is 10.0. The average molecular weight is 298 g/mol. The highest BCUT2D eigenvalue weighted by Crippen LogP contribution is 2.33. The van der Waals surface area contributed by atoms with E-state index in [0.717, 1.165) is 37.9 Å². The van der Waals surface area contributed by atoms with E-state index in [4.69, 9.17) is 4.42 Å². The number of aromatic nitrogens is 2. The van der Waals surface area contributed by atoms with Crippen molar-refractivity contribution < 1.29 is 9.21 Å². The molecule has 2 aliphatic heterocycles. The molecular weight excluding hydrogens is 280 g/mol. The largest absolute Gasteiger partial charge is 0.456 e. The third kappa shape index (κ3) is 2.24. The van der Waals surface area contributed by atoms with Crippen LogP contribution in [0.15, 0.2) is 35.0 Å². The smallest absolute Gasteiger partial charge is 0.289 e. The maximum Gasteiger partial charge on any atom is 0.289 e. The summed E-state index contributed by atoms with van der Waals surface area (Å²) in [6.07, 6.45) is 3.54. The molecule has 0 aliphatic carbocycles. The van der Waals surface area contributed by atoms with Gasteiger partial charge in [-0.05, 0) is 25.1 Å². The van der Waals surface area contributed by atoms with E-state index in [9.17, 15) is 4.79 Å². The van der Waals surface area contributed by atoms with Gasteiger partial charge in [-0.2, -0.15) is 0 Å². The van der Waals surface area contributed by atoms with Crippen LogP contribution in [0.25, 0.3) is 0 Å². The summed E-state index contributed by atoms with van der Waals surface area (Å²) in [5.41, 5.74) is 0. The van der Waals surface area contributed by atoms with Crippen LogP contribution < -0.4 is 4.90 Å². The van der Waals surface area contributed by atoms with Crippen LogP contribution in [0, 0.1) is 18.8 Å². The number of furan rings is 1. The highest BCUT2D eigenvalue weighted by Gasteiger charge is 2.42. The molecule has 1 amide bonds. The predicted octanol–water partition coefficient (Wildman–Crippen LogP) is 1.59. The number of anilines is 1. The number of amides is 1. The van der Waals surface area contributed by atoms with Gasteiger partial charge in [-0.3, -0.25) is 4.79 Å². The van der Waals surface area contributed by atoms with Gasteiger partial charge in [0.05, 0.1) is 0 Å². The Morgan fingerprint density at radius 2 is 1.82 bits per heavy atom. The molecule has 2 atom stereocenters. The summed E-state index contributed by atoms with van der Waals surface area (Å²) in [7, 11) is 0. The van der Waals surface area contributed by atoms with Crippen LogP contribution >= 0.6 is 0 Å². The number of rotatable bonds is 2. The van der Waals surface area contributed by atoms with Crippen LogP contribution in [-0.2, 0) is 0 Å². The minimum Gasteiger partial charge on any atom is -0.456 e. The number of nitrogens with zero attached hydrogens (tertiary/aromatic N) is 4. The lowest BCUT2D eigenvalue weighted by molar-refractivity contribution is 0.0749. The van der Waals surface area contributed by atoms with Gasteiger partial charge in [-0.25, -0.2) is 9.97 Å². The second kappa shape index (κ2) is 5.12. The first-order chi connectivity index (χ1) is 10.7. The van der Waals surface area contributed by atoms with Gasteiger partial charge in [0.2, 0.25) is 5.95 Å². The fourth-order valence-corrected chi connectivity index (χ4v) is 3.48. The zero-order chi connectivity index (χ0) is 15.1. The van der Waals surface area contributed by atoms with Gasteiger partial charge in [-0.15, -0.1) is 0 Å².